The molecule has 0 atom stereocenters. The standard InChI is InChI=1S/C12H9ClF4N2O2/c1-20-5-3-6-8(7(4-5)21-2)18-11(19-9(6)13)12(16,17)10(14)15/h3-4,10H,1-2H3. The predicted molar refractivity (Wildman–Crippen MR) is 67.5 cm³/mol. The molecule has 0 fully saturated rings. The van der Waals surface area contributed by atoms with Crippen LogP contribution in [-0.2, 0) is 5.92 Å². The third-order valence-corrected chi connectivity index (χ3v) is 3.01. The lowest BCUT2D eigenvalue weighted by Gasteiger charge is -2.15. The van der Waals surface area contributed by atoms with Crippen molar-refractivity contribution in [1.29, 1.82) is 0 Å². The first-order valence-electron chi connectivity index (χ1n) is 5.57. The highest BCUT2D eigenvalue weighted by Gasteiger charge is 2.46. The van der Waals surface area contributed by atoms with E-state index < -0.39 is 23.3 Å². The van der Waals surface area contributed by atoms with Gasteiger partial charge in [0, 0.05) is 11.5 Å². The summed E-state index contributed by atoms with van der Waals surface area (Å²) in [7, 11) is 2.66. The topological polar surface area (TPSA) is 44.2 Å². The van der Waals surface area contributed by atoms with Gasteiger partial charge < -0.3 is 9.47 Å². The summed E-state index contributed by atoms with van der Waals surface area (Å²) < 4.78 is 61.5. The number of halogens is 5. The summed E-state index contributed by atoms with van der Waals surface area (Å²) in [4.78, 5) is 6.73. The summed E-state index contributed by atoms with van der Waals surface area (Å²) in [5.74, 6) is -5.49. The Morgan fingerprint density at radius 3 is 2.33 bits per heavy atom. The smallest absolute Gasteiger partial charge is 0.365 e. The van der Waals surface area contributed by atoms with E-state index in [1.54, 1.807) is 0 Å². The van der Waals surface area contributed by atoms with Crippen LogP contribution < -0.4 is 9.47 Å². The zero-order valence-electron chi connectivity index (χ0n) is 10.8. The van der Waals surface area contributed by atoms with Gasteiger partial charge in [-0.15, -0.1) is 0 Å². The number of hydrogen-bond donors (Lipinski definition) is 0. The zero-order valence-corrected chi connectivity index (χ0v) is 11.6. The Kier molecular flexibility index (Phi) is 4.08. The van der Waals surface area contributed by atoms with Crippen molar-refractivity contribution in [3.8, 4) is 11.5 Å². The Hall–Kier alpha value is -1.83. The SMILES string of the molecule is COc1cc(OC)c2nc(C(F)(F)C(F)F)nc(Cl)c2c1. The number of rotatable bonds is 4. The van der Waals surface area contributed by atoms with Crippen molar-refractivity contribution < 1.29 is 27.0 Å². The van der Waals surface area contributed by atoms with Crippen LogP contribution in [0.25, 0.3) is 10.9 Å². The van der Waals surface area contributed by atoms with Crippen molar-refractivity contribution in [2.24, 2.45) is 0 Å². The number of methoxy groups -OCH3 is 2. The number of nitrogens with zero attached hydrogens (tertiary/aromatic N) is 2. The Bertz CT molecular complexity index is 682. The number of aromatic nitrogens is 2. The fourth-order valence-electron chi connectivity index (χ4n) is 1.66. The molecule has 0 saturated heterocycles. The third kappa shape index (κ3) is 2.67. The third-order valence-electron chi connectivity index (χ3n) is 2.72. The molecule has 2 aromatic rings. The van der Waals surface area contributed by atoms with Gasteiger partial charge in [0.05, 0.1) is 14.2 Å². The van der Waals surface area contributed by atoms with E-state index in [1.807, 2.05) is 0 Å². The molecule has 0 spiro atoms. The minimum Gasteiger partial charge on any atom is -0.497 e. The number of alkyl halides is 4. The van der Waals surface area contributed by atoms with Crippen molar-refractivity contribution in [3.63, 3.8) is 0 Å². The lowest BCUT2D eigenvalue weighted by atomic mass is 10.2. The lowest BCUT2D eigenvalue weighted by Crippen LogP contribution is -2.26. The number of ether oxygens (including phenoxy) is 2. The van der Waals surface area contributed by atoms with Crippen LogP contribution in [-0.4, -0.2) is 30.6 Å². The highest BCUT2D eigenvalue weighted by atomic mass is 35.5. The van der Waals surface area contributed by atoms with Crippen LogP contribution in [0.5, 0.6) is 11.5 Å². The van der Waals surface area contributed by atoms with E-state index in [0.29, 0.717) is 5.75 Å². The summed E-state index contributed by atoms with van der Waals surface area (Å²) in [5.41, 5.74) is -0.103. The van der Waals surface area contributed by atoms with Gasteiger partial charge in [0.1, 0.15) is 22.2 Å². The van der Waals surface area contributed by atoms with E-state index in [-0.39, 0.29) is 16.7 Å². The first-order valence-corrected chi connectivity index (χ1v) is 5.94. The van der Waals surface area contributed by atoms with E-state index in [9.17, 15) is 17.6 Å². The fraction of sp³-hybridized carbons (Fsp3) is 0.333. The molecular weight excluding hydrogens is 316 g/mol. The normalized spacial score (nSPS) is 12.0. The second-order valence-corrected chi connectivity index (χ2v) is 4.35. The van der Waals surface area contributed by atoms with Crippen LogP contribution in [0.15, 0.2) is 12.1 Å². The number of fused-ring (bicyclic) bond motifs is 1. The van der Waals surface area contributed by atoms with Crippen molar-refractivity contribution in [1.82, 2.24) is 9.97 Å². The van der Waals surface area contributed by atoms with Gasteiger partial charge in [-0.25, -0.2) is 18.7 Å². The summed E-state index contributed by atoms with van der Waals surface area (Å²) >= 11 is 5.79. The first kappa shape index (κ1) is 15.6. The Balaban J connectivity index is 2.76. The summed E-state index contributed by atoms with van der Waals surface area (Å²) in [5, 5.41) is -0.241. The monoisotopic (exact) mass is 324 g/mol. The average Bonchev–Trinajstić information content (AvgIpc) is 2.45. The van der Waals surface area contributed by atoms with Gasteiger partial charge in [0.2, 0.25) is 5.82 Å². The van der Waals surface area contributed by atoms with Crippen LogP contribution in [0.3, 0.4) is 0 Å². The van der Waals surface area contributed by atoms with Crippen LogP contribution >= 0.6 is 11.6 Å². The van der Waals surface area contributed by atoms with Crippen molar-refractivity contribution >= 4 is 22.5 Å². The molecule has 1 aromatic carbocycles. The molecular formula is C12H9ClF4N2O2. The maximum Gasteiger partial charge on any atom is 0.365 e. The molecule has 0 saturated carbocycles. The highest BCUT2D eigenvalue weighted by molar-refractivity contribution is 6.34. The van der Waals surface area contributed by atoms with Gasteiger partial charge in [-0.1, -0.05) is 11.6 Å². The molecule has 1 heterocycles. The molecule has 9 heteroatoms. The van der Waals surface area contributed by atoms with Gasteiger partial charge in [-0.2, -0.15) is 8.78 Å². The lowest BCUT2D eigenvalue weighted by molar-refractivity contribution is -0.140. The molecule has 4 nitrogen and oxygen atoms in total. The van der Waals surface area contributed by atoms with E-state index in [1.165, 1.54) is 26.4 Å². The van der Waals surface area contributed by atoms with E-state index in [2.05, 4.69) is 9.97 Å². The zero-order chi connectivity index (χ0) is 15.8. The average molecular weight is 325 g/mol. The first-order chi connectivity index (χ1) is 9.81. The minimum absolute atomic E-state index is 0.0555. The second-order valence-electron chi connectivity index (χ2n) is 3.99. The molecule has 0 unspecified atom stereocenters. The van der Waals surface area contributed by atoms with Crippen LogP contribution in [0.4, 0.5) is 17.6 Å². The molecule has 0 amide bonds. The molecule has 0 N–H and O–H groups in total. The number of benzene rings is 1. The Morgan fingerprint density at radius 2 is 1.81 bits per heavy atom. The van der Waals surface area contributed by atoms with E-state index in [4.69, 9.17) is 21.1 Å². The molecule has 0 radical (unpaired) electrons. The van der Waals surface area contributed by atoms with Gasteiger partial charge in [-0.3, -0.25) is 0 Å². The fourth-order valence-corrected chi connectivity index (χ4v) is 1.88. The molecule has 0 aliphatic rings. The Labute approximate surface area is 121 Å². The van der Waals surface area contributed by atoms with E-state index in [0.717, 1.165) is 0 Å². The largest absolute Gasteiger partial charge is 0.497 e. The van der Waals surface area contributed by atoms with Crippen LogP contribution in [0, 0.1) is 0 Å². The van der Waals surface area contributed by atoms with Gasteiger partial charge in [-0.05, 0) is 6.07 Å². The molecule has 114 valence electrons. The van der Waals surface area contributed by atoms with Gasteiger partial charge in [0.15, 0.2) is 0 Å². The predicted octanol–water partition coefficient (Wildman–Crippen LogP) is 3.66. The van der Waals surface area contributed by atoms with Gasteiger partial charge in [0.25, 0.3) is 0 Å². The molecule has 2 rings (SSSR count). The highest BCUT2D eigenvalue weighted by Crippen LogP contribution is 2.38. The van der Waals surface area contributed by atoms with Crippen LogP contribution in [0.1, 0.15) is 5.82 Å². The van der Waals surface area contributed by atoms with Gasteiger partial charge >= 0.3 is 12.3 Å². The summed E-state index contributed by atoms with van der Waals surface area (Å²) in [6, 6.07) is 2.76. The molecule has 21 heavy (non-hydrogen) atoms. The maximum absolute atomic E-state index is 13.4. The van der Waals surface area contributed by atoms with Crippen molar-refractivity contribution in [2.45, 2.75) is 12.3 Å². The summed E-state index contributed by atoms with van der Waals surface area (Å²) in [6.45, 7) is 0. The van der Waals surface area contributed by atoms with Crippen LogP contribution in [0.2, 0.25) is 5.15 Å². The molecule has 0 aliphatic carbocycles. The summed E-state index contributed by atoms with van der Waals surface area (Å²) in [6.07, 6.45) is -3.95. The Morgan fingerprint density at radius 1 is 1.14 bits per heavy atom. The molecule has 0 aliphatic heterocycles. The quantitative estimate of drug-likeness (QED) is 0.636. The number of hydrogen-bond acceptors (Lipinski definition) is 4. The van der Waals surface area contributed by atoms with Crippen molar-refractivity contribution in [2.75, 3.05) is 14.2 Å². The van der Waals surface area contributed by atoms with Crippen molar-refractivity contribution in [3.05, 3.63) is 23.1 Å². The minimum atomic E-state index is -4.51. The molecule has 0 bridgehead atoms. The van der Waals surface area contributed by atoms with E-state index >= 15 is 0 Å². The maximum atomic E-state index is 13.4. The molecule has 1 aromatic heterocycles. The second kappa shape index (κ2) is 5.51.